The Bertz CT molecular complexity index is 264. The van der Waals surface area contributed by atoms with Crippen LogP contribution >= 0.6 is 0 Å². The second-order valence-corrected chi connectivity index (χ2v) is 4.90. The molecule has 2 N–H and O–H groups in total. The van der Waals surface area contributed by atoms with Crippen molar-refractivity contribution in [2.75, 3.05) is 39.3 Å². The topological polar surface area (TPSA) is 55.8 Å². The molecule has 5 heteroatoms. The van der Waals surface area contributed by atoms with Gasteiger partial charge in [0.1, 0.15) is 0 Å². The number of urea groups is 1. The largest absolute Gasteiger partial charge is 0.387 e. The van der Waals surface area contributed by atoms with Crippen molar-refractivity contribution in [2.45, 2.75) is 25.4 Å². The van der Waals surface area contributed by atoms with Gasteiger partial charge in [0.05, 0.1) is 5.60 Å². The van der Waals surface area contributed by atoms with Gasteiger partial charge in [-0.2, -0.15) is 0 Å². The minimum Gasteiger partial charge on any atom is -0.387 e. The predicted molar refractivity (Wildman–Crippen MR) is 61.3 cm³/mol. The van der Waals surface area contributed by atoms with Crippen LogP contribution in [-0.2, 0) is 0 Å². The maximum Gasteiger partial charge on any atom is 0.317 e. The van der Waals surface area contributed by atoms with Crippen LogP contribution in [0.25, 0.3) is 0 Å². The molecule has 92 valence electrons. The van der Waals surface area contributed by atoms with E-state index in [9.17, 15) is 9.90 Å². The summed E-state index contributed by atoms with van der Waals surface area (Å²) >= 11 is 0. The van der Waals surface area contributed by atoms with Crippen molar-refractivity contribution in [2.24, 2.45) is 0 Å². The summed E-state index contributed by atoms with van der Waals surface area (Å²) in [6, 6.07) is 0.0457. The van der Waals surface area contributed by atoms with Crippen LogP contribution in [0.5, 0.6) is 0 Å². The number of β-amino-alcohol motifs (C(OH)–C–C–N with tert-alkyl or cyclic N) is 1. The molecule has 5 nitrogen and oxygen atoms in total. The molecule has 2 aliphatic heterocycles. The van der Waals surface area contributed by atoms with Gasteiger partial charge in [0.25, 0.3) is 0 Å². The van der Waals surface area contributed by atoms with Crippen LogP contribution in [0, 0.1) is 0 Å². The Morgan fingerprint density at radius 2 is 2.19 bits per heavy atom. The Hall–Kier alpha value is -0.810. The van der Waals surface area contributed by atoms with Gasteiger partial charge in [-0.25, -0.2) is 4.79 Å². The van der Waals surface area contributed by atoms with Crippen molar-refractivity contribution in [3.63, 3.8) is 0 Å². The number of carbonyl (C=O) groups is 1. The van der Waals surface area contributed by atoms with Crippen LogP contribution in [0.15, 0.2) is 0 Å². The van der Waals surface area contributed by atoms with Gasteiger partial charge in [-0.1, -0.05) is 13.3 Å². The first-order valence-electron chi connectivity index (χ1n) is 6.10. The number of rotatable bonds is 5. The number of amides is 2. The van der Waals surface area contributed by atoms with Crippen molar-refractivity contribution in [3.8, 4) is 0 Å². The minimum absolute atomic E-state index is 0.0457. The van der Waals surface area contributed by atoms with Crippen LogP contribution in [0.1, 0.15) is 19.8 Å². The molecule has 2 amide bonds. The van der Waals surface area contributed by atoms with Gasteiger partial charge in [-0.15, -0.1) is 0 Å². The maximum atomic E-state index is 11.3. The second-order valence-electron chi connectivity index (χ2n) is 4.90. The number of nitrogens with one attached hydrogen (secondary N) is 1. The highest BCUT2D eigenvalue weighted by Crippen LogP contribution is 2.25. The van der Waals surface area contributed by atoms with E-state index in [0.29, 0.717) is 0 Å². The summed E-state index contributed by atoms with van der Waals surface area (Å²) < 4.78 is 0. The first kappa shape index (κ1) is 11.7. The fourth-order valence-corrected chi connectivity index (χ4v) is 2.55. The quantitative estimate of drug-likeness (QED) is 0.687. The van der Waals surface area contributed by atoms with Gasteiger partial charge in [-0.05, 0) is 6.42 Å². The van der Waals surface area contributed by atoms with Crippen LogP contribution in [0.2, 0.25) is 0 Å². The fraction of sp³-hybridized carbons (Fsp3) is 0.909. The first-order chi connectivity index (χ1) is 7.63. The Morgan fingerprint density at radius 1 is 1.44 bits per heavy atom. The van der Waals surface area contributed by atoms with Gasteiger partial charge < -0.3 is 15.3 Å². The molecule has 0 aromatic carbocycles. The zero-order valence-electron chi connectivity index (χ0n) is 9.91. The third kappa shape index (κ3) is 2.47. The summed E-state index contributed by atoms with van der Waals surface area (Å²) in [5.74, 6) is 0. The van der Waals surface area contributed by atoms with Gasteiger partial charge in [0, 0.05) is 39.3 Å². The lowest BCUT2D eigenvalue weighted by Crippen LogP contribution is -2.62. The van der Waals surface area contributed by atoms with E-state index < -0.39 is 5.60 Å². The number of hydrogen-bond donors (Lipinski definition) is 2. The molecule has 2 rings (SSSR count). The third-order valence-corrected chi connectivity index (χ3v) is 3.38. The second kappa shape index (κ2) is 4.59. The van der Waals surface area contributed by atoms with E-state index in [1.165, 1.54) is 0 Å². The lowest BCUT2D eigenvalue weighted by Gasteiger charge is -2.47. The van der Waals surface area contributed by atoms with Crippen molar-refractivity contribution >= 4 is 6.03 Å². The third-order valence-electron chi connectivity index (χ3n) is 3.38. The summed E-state index contributed by atoms with van der Waals surface area (Å²) in [6.07, 6.45) is 1.91. The zero-order chi connectivity index (χ0) is 11.6. The number of aliphatic hydroxyl groups is 1. The normalized spacial score (nSPS) is 24.4. The van der Waals surface area contributed by atoms with E-state index in [2.05, 4.69) is 17.1 Å². The van der Waals surface area contributed by atoms with Gasteiger partial charge >= 0.3 is 6.03 Å². The van der Waals surface area contributed by atoms with Crippen molar-refractivity contribution in [1.82, 2.24) is 15.1 Å². The number of likely N-dealkylation sites (tertiary alicyclic amines) is 1. The highest BCUT2D eigenvalue weighted by Gasteiger charge is 2.39. The summed E-state index contributed by atoms with van der Waals surface area (Å²) in [7, 11) is 0. The van der Waals surface area contributed by atoms with Crippen LogP contribution < -0.4 is 5.32 Å². The van der Waals surface area contributed by atoms with E-state index in [4.69, 9.17) is 0 Å². The lowest BCUT2D eigenvalue weighted by molar-refractivity contribution is -0.103. The van der Waals surface area contributed by atoms with Crippen LogP contribution in [-0.4, -0.2) is 65.8 Å². The van der Waals surface area contributed by atoms with E-state index >= 15 is 0 Å². The van der Waals surface area contributed by atoms with E-state index in [0.717, 1.165) is 52.1 Å². The SMILES string of the molecule is CCCC1(O)CN(CCN2CCNC2=O)C1. The smallest absolute Gasteiger partial charge is 0.317 e. The molecule has 2 fully saturated rings. The summed E-state index contributed by atoms with van der Waals surface area (Å²) in [5, 5.41) is 12.8. The molecular formula is C11H21N3O2. The Balaban J connectivity index is 1.64. The molecule has 0 atom stereocenters. The van der Waals surface area contributed by atoms with Crippen molar-refractivity contribution in [3.05, 3.63) is 0 Å². The van der Waals surface area contributed by atoms with Crippen LogP contribution in [0.4, 0.5) is 4.79 Å². The predicted octanol–water partition coefficient (Wildman–Crippen LogP) is -0.142. The lowest BCUT2D eigenvalue weighted by atomic mass is 9.89. The number of hydrogen-bond acceptors (Lipinski definition) is 3. The Labute approximate surface area is 96.4 Å². The summed E-state index contributed by atoms with van der Waals surface area (Å²) in [5.41, 5.74) is -0.456. The Morgan fingerprint density at radius 3 is 2.75 bits per heavy atom. The Kier molecular flexibility index (Phi) is 3.35. The molecule has 0 unspecified atom stereocenters. The molecule has 0 saturated carbocycles. The highest BCUT2D eigenvalue weighted by atomic mass is 16.3. The molecule has 16 heavy (non-hydrogen) atoms. The monoisotopic (exact) mass is 227 g/mol. The van der Waals surface area contributed by atoms with E-state index in [1.54, 1.807) is 0 Å². The molecule has 2 heterocycles. The van der Waals surface area contributed by atoms with Crippen molar-refractivity contribution < 1.29 is 9.90 Å². The maximum absolute atomic E-state index is 11.3. The summed E-state index contributed by atoms with van der Waals surface area (Å²) in [6.45, 7) is 6.83. The molecule has 2 aliphatic rings. The molecule has 0 spiro atoms. The van der Waals surface area contributed by atoms with E-state index in [-0.39, 0.29) is 6.03 Å². The molecule has 0 aromatic heterocycles. The molecule has 0 aliphatic carbocycles. The van der Waals surface area contributed by atoms with Crippen molar-refractivity contribution in [1.29, 1.82) is 0 Å². The summed E-state index contributed by atoms with van der Waals surface area (Å²) in [4.78, 5) is 15.3. The van der Waals surface area contributed by atoms with Gasteiger partial charge in [-0.3, -0.25) is 4.90 Å². The molecule has 0 aromatic rings. The zero-order valence-corrected chi connectivity index (χ0v) is 9.91. The number of nitrogens with zero attached hydrogens (tertiary/aromatic N) is 2. The number of carbonyl (C=O) groups excluding carboxylic acids is 1. The molecule has 2 saturated heterocycles. The minimum atomic E-state index is -0.456. The fourth-order valence-electron chi connectivity index (χ4n) is 2.55. The average Bonchev–Trinajstić information content (AvgIpc) is 2.58. The van der Waals surface area contributed by atoms with Gasteiger partial charge in [0.2, 0.25) is 0 Å². The van der Waals surface area contributed by atoms with Gasteiger partial charge in [0.15, 0.2) is 0 Å². The molecular weight excluding hydrogens is 206 g/mol. The standard InChI is InChI=1S/C11H21N3O2/c1-2-3-11(16)8-13(9-11)6-7-14-5-4-12-10(14)15/h16H,2-9H2,1H3,(H,12,15). The highest BCUT2D eigenvalue weighted by molar-refractivity contribution is 5.76. The first-order valence-corrected chi connectivity index (χ1v) is 6.10. The molecule has 0 bridgehead atoms. The molecule has 0 radical (unpaired) electrons. The van der Waals surface area contributed by atoms with E-state index in [1.807, 2.05) is 4.90 Å². The average molecular weight is 227 g/mol. The van der Waals surface area contributed by atoms with Crippen LogP contribution in [0.3, 0.4) is 0 Å².